The van der Waals surface area contributed by atoms with Crippen LogP contribution in [0.1, 0.15) is 265 Å². The van der Waals surface area contributed by atoms with Gasteiger partial charge in [0, 0.05) is 29.8 Å². The van der Waals surface area contributed by atoms with Crippen molar-refractivity contribution in [2.24, 2.45) is 5.92 Å². The Labute approximate surface area is 390 Å². The number of aliphatic carboxylic acids is 4. The SMILES string of the molecule is CCCCCCC=CC(CC(=O)[O-])C(=O)[O-].CCCCCCCCCCCCCCCCCC(=O)[O-].CCCCCCCCCCCCCCCCCC(=O)[O-].[Mg+2].[Mg+2]. The van der Waals surface area contributed by atoms with E-state index in [1.807, 2.05) is 0 Å². The number of carboxylic acid groups (broad SMARTS) is 4. The van der Waals surface area contributed by atoms with E-state index in [4.69, 9.17) is 0 Å². The Morgan fingerprint density at radius 2 is 0.603 bits per heavy atom. The molecule has 0 rings (SSSR count). The molecule has 0 amide bonds. The monoisotopic (exact) mass is 841 g/mol. The number of allylic oxidation sites excluding steroid dienone is 1. The molecule has 0 aliphatic rings. The second-order valence-corrected chi connectivity index (χ2v) is 15.9. The predicted octanol–water partition coefficient (Wildman–Crippen LogP) is 9.25. The first kappa shape index (κ1) is 66.3. The van der Waals surface area contributed by atoms with Crippen molar-refractivity contribution in [1.82, 2.24) is 0 Å². The van der Waals surface area contributed by atoms with Gasteiger partial charge in [-0.25, -0.2) is 0 Å². The van der Waals surface area contributed by atoms with Crippen molar-refractivity contribution < 1.29 is 39.6 Å². The maximum absolute atomic E-state index is 10.5. The third-order valence-electron chi connectivity index (χ3n) is 10.3. The largest absolute Gasteiger partial charge is 2.00 e. The van der Waals surface area contributed by atoms with E-state index in [1.165, 1.54) is 173 Å². The Bertz CT molecular complexity index is 840. The molecule has 0 aromatic rings. The van der Waals surface area contributed by atoms with E-state index in [9.17, 15) is 39.6 Å². The third-order valence-corrected chi connectivity index (χ3v) is 10.3. The summed E-state index contributed by atoms with van der Waals surface area (Å²) in [5.41, 5.74) is 0. The van der Waals surface area contributed by atoms with Crippen LogP contribution >= 0.6 is 0 Å². The van der Waals surface area contributed by atoms with Gasteiger partial charge in [-0.2, -0.15) is 0 Å². The van der Waals surface area contributed by atoms with Crippen LogP contribution < -0.4 is 20.4 Å². The molecule has 0 heterocycles. The number of carbonyl (C=O) groups is 4. The first-order valence-corrected chi connectivity index (χ1v) is 23.6. The normalized spacial score (nSPS) is 11.0. The predicted molar refractivity (Wildman–Crippen MR) is 237 cm³/mol. The zero-order chi connectivity index (χ0) is 42.2. The van der Waals surface area contributed by atoms with Crippen LogP contribution in [-0.4, -0.2) is 70.0 Å². The molecule has 0 aliphatic carbocycles. The molecule has 1 unspecified atom stereocenters. The van der Waals surface area contributed by atoms with Crippen molar-refractivity contribution in [3.8, 4) is 0 Å². The fraction of sp³-hybridized carbons (Fsp3) is 0.875. The molecule has 0 N–H and O–H groups in total. The van der Waals surface area contributed by atoms with E-state index in [1.54, 1.807) is 6.08 Å². The molecule has 0 radical (unpaired) electrons. The third kappa shape index (κ3) is 66.9. The van der Waals surface area contributed by atoms with Gasteiger partial charge in [0.05, 0.1) is 0 Å². The van der Waals surface area contributed by atoms with Crippen LogP contribution in [0, 0.1) is 5.92 Å². The van der Waals surface area contributed by atoms with Gasteiger partial charge in [0.25, 0.3) is 0 Å². The summed E-state index contributed by atoms with van der Waals surface area (Å²) in [6, 6.07) is 0. The summed E-state index contributed by atoms with van der Waals surface area (Å²) in [6.07, 6.45) is 47.5. The van der Waals surface area contributed by atoms with Gasteiger partial charge in [-0.05, 0) is 44.9 Å². The van der Waals surface area contributed by atoms with Gasteiger partial charge in [-0.1, -0.05) is 232 Å². The molecule has 0 aliphatic heterocycles. The van der Waals surface area contributed by atoms with Crippen LogP contribution in [0.5, 0.6) is 0 Å². The maximum atomic E-state index is 10.5. The number of carbonyl (C=O) groups excluding carboxylic acids is 4. The smallest absolute Gasteiger partial charge is 0.550 e. The summed E-state index contributed by atoms with van der Waals surface area (Å²) in [4.78, 5) is 41.2. The molecule has 10 heteroatoms. The van der Waals surface area contributed by atoms with Crippen LogP contribution in [0.15, 0.2) is 12.2 Å². The van der Waals surface area contributed by atoms with Crippen LogP contribution in [0.3, 0.4) is 0 Å². The fourth-order valence-corrected chi connectivity index (χ4v) is 6.64. The van der Waals surface area contributed by atoms with Crippen molar-refractivity contribution in [2.75, 3.05) is 0 Å². The number of hydrogen-bond acceptors (Lipinski definition) is 8. The van der Waals surface area contributed by atoms with Crippen LogP contribution in [0.4, 0.5) is 0 Å². The quantitative estimate of drug-likeness (QED) is 0.0335. The first-order chi connectivity index (χ1) is 27.1. The van der Waals surface area contributed by atoms with E-state index >= 15 is 0 Å². The summed E-state index contributed by atoms with van der Waals surface area (Å²) in [5.74, 6) is -5.62. The molecule has 8 nitrogen and oxygen atoms in total. The molecule has 58 heavy (non-hydrogen) atoms. The van der Waals surface area contributed by atoms with Gasteiger partial charge in [0.15, 0.2) is 0 Å². The van der Waals surface area contributed by atoms with Gasteiger partial charge in [0.1, 0.15) is 0 Å². The molecule has 0 bridgehead atoms. The zero-order valence-electron chi connectivity index (χ0n) is 38.3. The van der Waals surface area contributed by atoms with Crippen LogP contribution in [-0.2, 0) is 19.2 Å². The van der Waals surface area contributed by atoms with Crippen molar-refractivity contribution in [3.05, 3.63) is 12.2 Å². The van der Waals surface area contributed by atoms with E-state index in [-0.39, 0.29) is 58.9 Å². The Morgan fingerprint density at radius 3 is 0.828 bits per heavy atom. The number of hydrogen-bond donors (Lipinski definition) is 0. The summed E-state index contributed by atoms with van der Waals surface area (Å²) in [7, 11) is 0. The molecule has 332 valence electrons. The molecule has 1 atom stereocenters. The number of unbranched alkanes of at least 4 members (excludes halogenated alkanes) is 32. The molecule has 0 aromatic carbocycles. The average molecular weight is 842 g/mol. The summed E-state index contributed by atoms with van der Waals surface area (Å²) in [6.45, 7) is 6.65. The maximum Gasteiger partial charge on any atom is 2.00 e. The average Bonchev–Trinajstić information content (AvgIpc) is 3.15. The molecule has 0 aromatic heterocycles. The molecular formula is C48H88Mg2O8. The van der Waals surface area contributed by atoms with Crippen LogP contribution in [0.25, 0.3) is 0 Å². The zero-order valence-corrected chi connectivity index (χ0v) is 41.1. The minimum atomic E-state index is -1.37. The van der Waals surface area contributed by atoms with E-state index < -0.39 is 36.2 Å². The Kier molecular flexibility index (Phi) is 66.5. The standard InChI is InChI=1S/2C18H36O2.C12H20O4.2Mg/c2*1-2-3-4-5-6-7-8-9-10-11-12-13-14-15-16-17-18(19)20;1-2-3-4-5-6-7-8-10(12(15)16)9-11(13)14;;/h2*2-17H2,1H3,(H,19,20);7-8,10H,2-6,9H2,1H3,(H,13,14)(H,15,16);;/q;;;2*+2/p-4. The molecule has 0 saturated heterocycles. The van der Waals surface area contributed by atoms with Crippen molar-refractivity contribution in [1.29, 1.82) is 0 Å². The Hall–Kier alpha value is -0.848. The van der Waals surface area contributed by atoms with E-state index in [2.05, 4.69) is 20.8 Å². The second kappa shape index (κ2) is 58.2. The summed E-state index contributed by atoms with van der Waals surface area (Å²) in [5, 5.41) is 41.2. The second-order valence-electron chi connectivity index (χ2n) is 15.9. The van der Waals surface area contributed by atoms with Crippen LogP contribution in [0.2, 0.25) is 0 Å². The van der Waals surface area contributed by atoms with Gasteiger partial charge in [-0.3, -0.25) is 0 Å². The van der Waals surface area contributed by atoms with Gasteiger partial charge >= 0.3 is 46.1 Å². The first-order valence-electron chi connectivity index (χ1n) is 23.6. The fourth-order valence-electron chi connectivity index (χ4n) is 6.64. The minimum Gasteiger partial charge on any atom is -0.550 e. The van der Waals surface area contributed by atoms with Crippen molar-refractivity contribution >= 4 is 70.0 Å². The van der Waals surface area contributed by atoms with Crippen molar-refractivity contribution in [2.45, 2.75) is 265 Å². The van der Waals surface area contributed by atoms with Gasteiger partial charge in [-0.15, -0.1) is 0 Å². The van der Waals surface area contributed by atoms with Crippen molar-refractivity contribution in [3.63, 3.8) is 0 Å². The molecule has 0 spiro atoms. The van der Waals surface area contributed by atoms with E-state index in [0.29, 0.717) is 0 Å². The summed E-state index contributed by atoms with van der Waals surface area (Å²) < 4.78 is 0. The molecule has 0 fully saturated rings. The topological polar surface area (TPSA) is 161 Å². The van der Waals surface area contributed by atoms with E-state index in [0.717, 1.165) is 57.8 Å². The number of carboxylic acids is 4. The minimum absolute atomic E-state index is 0. The Balaban J connectivity index is -0.000000240. The molecular weight excluding hydrogens is 753 g/mol. The Morgan fingerprint density at radius 1 is 0.362 bits per heavy atom. The summed E-state index contributed by atoms with van der Waals surface area (Å²) >= 11 is 0. The number of rotatable bonds is 41. The van der Waals surface area contributed by atoms with Gasteiger partial charge in [0.2, 0.25) is 0 Å². The van der Waals surface area contributed by atoms with Gasteiger partial charge < -0.3 is 39.6 Å². The molecule has 0 saturated carbocycles.